The monoisotopic (exact) mass is 137 g/mol. The summed E-state index contributed by atoms with van der Waals surface area (Å²) < 4.78 is 0. The highest BCUT2D eigenvalue weighted by Crippen LogP contribution is 1.97. The zero-order chi connectivity index (χ0) is 7.98. The van der Waals surface area contributed by atoms with Crippen molar-refractivity contribution in [2.24, 2.45) is 0 Å². The number of hydrogen-bond donors (Lipinski definition) is 1. The van der Waals surface area contributed by atoms with Crippen LogP contribution in [0.2, 0.25) is 0 Å². The Labute approximate surface area is 63.1 Å². The lowest BCUT2D eigenvalue weighted by Crippen LogP contribution is -2.08. The van der Waals surface area contributed by atoms with Crippen molar-refractivity contribution in [1.29, 1.82) is 0 Å². The molecule has 0 aliphatic heterocycles. The minimum atomic E-state index is 0.930. The smallest absolute Gasteiger partial charge is 0.0162 e. The van der Waals surface area contributed by atoms with Gasteiger partial charge in [0.25, 0.3) is 0 Å². The molecule has 0 rings (SSSR count). The van der Waals surface area contributed by atoms with Crippen molar-refractivity contribution < 1.29 is 0 Å². The average Bonchev–Trinajstić information content (AvgIpc) is 1.88. The molecular formula is C9H15N. The molecule has 56 valence electrons. The molecule has 0 spiro atoms. The molecule has 0 aromatic heterocycles. The molecule has 0 saturated heterocycles. The van der Waals surface area contributed by atoms with Gasteiger partial charge in [-0.2, -0.15) is 0 Å². The molecule has 1 N–H and O–H groups in total. The zero-order valence-electron chi connectivity index (χ0n) is 6.99. The van der Waals surface area contributed by atoms with E-state index >= 15 is 0 Å². The molecule has 0 radical (unpaired) electrons. The van der Waals surface area contributed by atoms with Crippen molar-refractivity contribution in [3.63, 3.8) is 0 Å². The van der Waals surface area contributed by atoms with Gasteiger partial charge in [0, 0.05) is 6.54 Å². The van der Waals surface area contributed by atoms with Crippen LogP contribution < -0.4 is 5.32 Å². The van der Waals surface area contributed by atoms with Crippen molar-refractivity contribution in [2.75, 3.05) is 13.6 Å². The van der Waals surface area contributed by atoms with Crippen molar-refractivity contribution >= 4 is 0 Å². The molecule has 0 fully saturated rings. The van der Waals surface area contributed by atoms with Crippen LogP contribution in [-0.4, -0.2) is 13.6 Å². The molecule has 0 amide bonds. The summed E-state index contributed by atoms with van der Waals surface area (Å²) in [5.74, 6) is 0. The van der Waals surface area contributed by atoms with Crippen LogP contribution in [0.25, 0.3) is 0 Å². The zero-order valence-corrected chi connectivity index (χ0v) is 6.99. The Kier molecular flexibility index (Phi) is 4.65. The molecule has 1 nitrogen and oxygen atoms in total. The van der Waals surface area contributed by atoms with Crippen LogP contribution in [0.15, 0.2) is 29.5 Å². The Hall–Kier alpha value is -0.780. The molecule has 0 aliphatic carbocycles. The normalized spacial score (nSPS) is 10.9. The van der Waals surface area contributed by atoms with Gasteiger partial charge in [0.15, 0.2) is 0 Å². The maximum Gasteiger partial charge on any atom is 0.0162 e. The minimum absolute atomic E-state index is 0.930. The van der Waals surface area contributed by atoms with E-state index in [0.717, 1.165) is 12.1 Å². The second-order valence-electron chi connectivity index (χ2n) is 2.38. The molecule has 0 aliphatic rings. The van der Waals surface area contributed by atoms with Crippen LogP contribution in [0.4, 0.5) is 0 Å². The second kappa shape index (κ2) is 5.04. The lowest BCUT2D eigenvalue weighted by atomic mass is 10.2. The van der Waals surface area contributed by atoms with E-state index in [0.29, 0.717) is 0 Å². The van der Waals surface area contributed by atoms with Gasteiger partial charge in [0.05, 0.1) is 0 Å². The summed E-state index contributed by atoms with van der Waals surface area (Å²) in [6.07, 6.45) is 2.07. The first-order chi connectivity index (χ1) is 4.70. The predicted molar refractivity (Wildman–Crippen MR) is 46.0 cm³/mol. The predicted octanol–water partition coefficient (Wildman–Crippen LogP) is 1.88. The molecule has 0 aromatic carbocycles. The Morgan fingerprint density at radius 3 is 2.60 bits per heavy atom. The van der Waals surface area contributed by atoms with Gasteiger partial charge in [-0.1, -0.05) is 18.2 Å². The number of rotatable bonds is 3. The first-order valence-electron chi connectivity index (χ1n) is 3.39. The highest BCUT2D eigenvalue weighted by atomic mass is 14.8. The molecule has 0 heterocycles. The van der Waals surface area contributed by atoms with E-state index in [9.17, 15) is 0 Å². The Bertz CT molecular complexity index is 171. The molecule has 0 unspecified atom stereocenters. The molecule has 0 saturated carbocycles. The molecular weight excluding hydrogens is 122 g/mol. The van der Waals surface area contributed by atoms with Gasteiger partial charge in [-0.25, -0.2) is 0 Å². The van der Waals surface area contributed by atoms with E-state index in [1.165, 1.54) is 5.57 Å². The summed E-state index contributed by atoms with van der Waals surface area (Å²) in [4.78, 5) is 0. The van der Waals surface area contributed by atoms with E-state index in [1.807, 2.05) is 14.0 Å². The quantitative estimate of drug-likeness (QED) is 0.462. The van der Waals surface area contributed by atoms with Crippen LogP contribution in [0, 0.1) is 0 Å². The molecule has 0 atom stereocenters. The van der Waals surface area contributed by atoms with Gasteiger partial charge in [-0.3, -0.25) is 0 Å². The molecule has 0 bridgehead atoms. The summed E-state index contributed by atoms with van der Waals surface area (Å²) in [5, 5.41) is 3.07. The maximum atomic E-state index is 3.55. The van der Waals surface area contributed by atoms with Crippen molar-refractivity contribution in [1.82, 2.24) is 5.32 Å². The van der Waals surface area contributed by atoms with Crippen molar-refractivity contribution in [3.8, 4) is 0 Å². The highest BCUT2D eigenvalue weighted by molar-refractivity contribution is 5.19. The van der Waals surface area contributed by atoms with Crippen molar-refractivity contribution in [3.05, 3.63) is 29.5 Å². The summed E-state index contributed by atoms with van der Waals surface area (Å²) >= 11 is 0. The van der Waals surface area contributed by atoms with Crippen molar-refractivity contribution in [2.45, 2.75) is 13.8 Å². The standard InChI is InChI=1S/C9H15N/c1-5-8(2)6-9(3)7-10-4/h6,10H,1,7H2,2-4H3/b9-6-. The fourth-order valence-electron chi connectivity index (χ4n) is 0.751. The van der Waals surface area contributed by atoms with E-state index in [2.05, 4.69) is 30.6 Å². The minimum Gasteiger partial charge on any atom is -0.316 e. The molecule has 10 heavy (non-hydrogen) atoms. The van der Waals surface area contributed by atoms with Gasteiger partial charge >= 0.3 is 0 Å². The van der Waals surface area contributed by atoms with E-state index in [1.54, 1.807) is 0 Å². The van der Waals surface area contributed by atoms with Gasteiger partial charge in [-0.05, 0) is 26.5 Å². The summed E-state index contributed by atoms with van der Waals surface area (Å²) in [5.41, 5.74) is 5.21. The summed E-state index contributed by atoms with van der Waals surface area (Å²) in [6.45, 7) is 8.55. The van der Waals surface area contributed by atoms with Crippen LogP contribution in [0.1, 0.15) is 13.8 Å². The van der Waals surface area contributed by atoms with E-state index in [-0.39, 0.29) is 0 Å². The van der Waals surface area contributed by atoms with Crippen LogP contribution >= 0.6 is 0 Å². The second-order valence-corrected chi connectivity index (χ2v) is 2.38. The average molecular weight is 137 g/mol. The topological polar surface area (TPSA) is 12.0 Å². The Morgan fingerprint density at radius 2 is 2.20 bits per heavy atom. The van der Waals surface area contributed by atoms with E-state index < -0.39 is 0 Å². The highest BCUT2D eigenvalue weighted by Gasteiger charge is 1.85. The largest absolute Gasteiger partial charge is 0.316 e. The molecule has 1 heteroatoms. The summed E-state index contributed by atoms with van der Waals surface area (Å²) in [6, 6.07) is 0. The van der Waals surface area contributed by atoms with Crippen LogP contribution in [0.5, 0.6) is 0 Å². The number of allylic oxidation sites excluding steroid dienone is 2. The summed E-state index contributed by atoms with van der Waals surface area (Å²) in [7, 11) is 1.93. The SMILES string of the molecule is C=C=C(C)/C=C(/C)CNC. The number of hydrogen-bond acceptors (Lipinski definition) is 1. The Balaban J connectivity index is 4.02. The fraction of sp³-hybridized carbons (Fsp3) is 0.444. The third kappa shape index (κ3) is 4.13. The third-order valence-electron chi connectivity index (χ3n) is 1.20. The van der Waals surface area contributed by atoms with Gasteiger partial charge in [0.2, 0.25) is 0 Å². The first-order valence-corrected chi connectivity index (χ1v) is 3.39. The maximum absolute atomic E-state index is 3.55. The third-order valence-corrected chi connectivity index (χ3v) is 1.20. The van der Waals surface area contributed by atoms with Gasteiger partial charge in [0.1, 0.15) is 0 Å². The lowest BCUT2D eigenvalue weighted by Gasteiger charge is -1.97. The fourth-order valence-corrected chi connectivity index (χ4v) is 0.751. The number of nitrogens with one attached hydrogen (secondary N) is 1. The van der Waals surface area contributed by atoms with Gasteiger partial charge in [-0.15, -0.1) is 5.73 Å². The van der Waals surface area contributed by atoms with Gasteiger partial charge < -0.3 is 5.32 Å². The first kappa shape index (κ1) is 9.22. The molecule has 0 aromatic rings. The van der Waals surface area contributed by atoms with Crippen LogP contribution in [-0.2, 0) is 0 Å². The van der Waals surface area contributed by atoms with E-state index in [4.69, 9.17) is 0 Å². The number of likely N-dealkylation sites (N-methyl/N-ethyl adjacent to an activating group) is 1. The van der Waals surface area contributed by atoms with Crippen LogP contribution in [0.3, 0.4) is 0 Å². The lowest BCUT2D eigenvalue weighted by molar-refractivity contribution is 0.879. The Morgan fingerprint density at radius 1 is 1.60 bits per heavy atom.